The van der Waals surface area contributed by atoms with Crippen molar-refractivity contribution in [2.45, 2.75) is 45.8 Å². The number of halogens is 1. The number of rotatable bonds is 4. The van der Waals surface area contributed by atoms with Gasteiger partial charge in [-0.25, -0.2) is 4.98 Å². The number of fused-ring (bicyclic) bond motifs is 2. The molecule has 0 radical (unpaired) electrons. The molecule has 27 heavy (non-hydrogen) atoms. The minimum Gasteiger partial charge on any atom is -0.459 e. The lowest BCUT2D eigenvalue weighted by molar-refractivity contribution is 0.522. The van der Waals surface area contributed by atoms with E-state index in [1.54, 1.807) is 7.05 Å². The van der Waals surface area contributed by atoms with Crippen molar-refractivity contribution < 1.29 is 4.42 Å². The number of aryl methyl sites for hydroxylation is 3. The number of hydrogen-bond donors (Lipinski definition) is 2. The number of hydrogen-bond acceptors (Lipinski definition) is 3. The molecule has 1 aliphatic rings. The zero-order chi connectivity index (χ0) is 17.9. The molecule has 7 heteroatoms. The quantitative estimate of drug-likeness (QED) is 0.340. The first kappa shape index (κ1) is 19.7. The first-order valence-corrected chi connectivity index (χ1v) is 9.21. The molecule has 1 aromatic carbocycles. The van der Waals surface area contributed by atoms with Crippen LogP contribution in [0.4, 0.5) is 0 Å². The molecule has 0 spiro atoms. The Balaban J connectivity index is 0.00000210. The third kappa shape index (κ3) is 4.28. The van der Waals surface area contributed by atoms with Gasteiger partial charge in [0.05, 0.1) is 18.8 Å². The lowest BCUT2D eigenvalue weighted by Gasteiger charge is -2.11. The maximum absolute atomic E-state index is 5.95. The van der Waals surface area contributed by atoms with E-state index in [4.69, 9.17) is 9.40 Å². The fourth-order valence-electron chi connectivity index (χ4n) is 3.51. The summed E-state index contributed by atoms with van der Waals surface area (Å²) in [7, 11) is 1.78. The standard InChI is InChI=1S/C20H25N5O.HI/c1-14-16-7-3-4-8-17(16)26-18(14)12-23-20(21-2)22-11-15-13-25-10-6-5-9-19(25)24-15;/h3-4,7-8,13H,5-6,9-12H2,1-2H3,(H2,21,22,23);1H. The van der Waals surface area contributed by atoms with Crippen LogP contribution >= 0.6 is 24.0 Å². The van der Waals surface area contributed by atoms with Gasteiger partial charge in [0.25, 0.3) is 0 Å². The molecular weight excluding hydrogens is 453 g/mol. The van der Waals surface area contributed by atoms with Crippen LogP contribution in [0.5, 0.6) is 0 Å². The number of guanidine groups is 1. The maximum Gasteiger partial charge on any atom is 0.191 e. The topological polar surface area (TPSA) is 67.4 Å². The van der Waals surface area contributed by atoms with E-state index in [2.05, 4.69) is 39.4 Å². The minimum absolute atomic E-state index is 0. The van der Waals surface area contributed by atoms with E-state index in [1.807, 2.05) is 18.2 Å². The van der Waals surface area contributed by atoms with Crippen molar-refractivity contribution in [3.63, 3.8) is 0 Å². The maximum atomic E-state index is 5.95. The molecular formula is C20H26IN5O. The fourth-order valence-corrected chi connectivity index (χ4v) is 3.51. The highest BCUT2D eigenvalue weighted by atomic mass is 127. The molecule has 0 atom stereocenters. The number of benzene rings is 1. The summed E-state index contributed by atoms with van der Waals surface area (Å²) >= 11 is 0. The minimum atomic E-state index is 0. The van der Waals surface area contributed by atoms with Gasteiger partial charge in [0.1, 0.15) is 17.2 Å². The van der Waals surface area contributed by atoms with E-state index in [-0.39, 0.29) is 24.0 Å². The number of furan rings is 1. The monoisotopic (exact) mass is 479 g/mol. The van der Waals surface area contributed by atoms with Gasteiger partial charge in [0.2, 0.25) is 0 Å². The van der Waals surface area contributed by atoms with Crippen molar-refractivity contribution >= 4 is 40.9 Å². The lowest BCUT2D eigenvalue weighted by Crippen LogP contribution is -2.36. The SMILES string of the molecule is CN=C(NCc1cn2c(n1)CCCC2)NCc1oc2ccccc2c1C.I. The summed E-state index contributed by atoms with van der Waals surface area (Å²) < 4.78 is 8.22. The molecule has 0 fully saturated rings. The van der Waals surface area contributed by atoms with Gasteiger partial charge >= 0.3 is 0 Å². The Labute approximate surface area is 176 Å². The first-order chi connectivity index (χ1) is 12.7. The Bertz CT molecular complexity index is 920. The second kappa shape index (κ2) is 8.77. The Morgan fingerprint density at radius 2 is 2.04 bits per heavy atom. The van der Waals surface area contributed by atoms with Crippen molar-refractivity contribution in [2.24, 2.45) is 4.99 Å². The van der Waals surface area contributed by atoms with Crippen molar-refractivity contribution in [1.29, 1.82) is 0 Å². The first-order valence-electron chi connectivity index (χ1n) is 9.21. The Kier molecular flexibility index (Phi) is 6.41. The summed E-state index contributed by atoms with van der Waals surface area (Å²) in [4.78, 5) is 9.02. The van der Waals surface area contributed by atoms with E-state index in [0.29, 0.717) is 13.1 Å². The molecule has 1 aliphatic heterocycles. The number of imidazole rings is 1. The van der Waals surface area contributed by atoms with Crippen LogP contribution in [0.25, 0.3) is 11.0 Å². The second-order valence-electron chi connectivity index (χ2n) is 6.72. The molecule has 2 aromatic heterocycles. The van der Waals surface area contributed by atoms with Crippen LogP contribution < -0.4 is 10.6 Å². The van der Waals surface area contributed by atoms with Crippen molar-refractivity contribution in [3.8, 4) is 0 Å². The number of nitrogens with one attached hydrogen (secondary N) is 2. The molecule has 3 heterocycles. The van der Waals surface area contributed by atoms with Gasteiger partial charge in [0, 0.05) is 37.2 Å². The number of aromatic nitrogens is 2. The molecule has 0 bridgehead atoms. The number of aliphatic imine (C=N–C) groups is 1. The molecule has 0 unspecified atom stereocenters. The highest BCUT2D eigenvalue weighted by molar-refractivity contribution is 14.0. The summed E-state index contributed by atoms with van der Waals surface area (Å²) in [5.41, 5.74) is 3.16. The van der Waals surface area contributed by atoms with Gasteiger partial charge in [-0.05, 0) is 25.8 Å². The molecule has 144 valence electrons. The second-order valence-corrected chi connectivity index (χ2v) is 6.72. The number of para-hydroxylation sites is 1. The summed E-state index contributed by atoms with van der Waals surface area (Å²) in [5, 5.41) is 7.83. The van der Waals surface area contributed by atoms with Crippen LogP contribution in [0.2, 0.25) is 0 Å². The van der Waals surface area contributed by atoms with Gasteiger partial charge in [-0.15, -0.1) is 24.0 Å². The molecule has 0 saturated carbocycles. The van der Waals surface area contributed by atoms with Crippen LogP contribution in [-0.2, 0) is 26.1 Å². The van der Waals surface area contributed by atoms with Crippen LogP contribution in [-0.4, -0.2) is 22.6 Å². The van der Waals surface area contributed by atoms with E-state index >= 15 is 0 Å². The predicted molar refractivity (Wildman–Crippen MR) is 119 cm³/mol. The smallest absolute Gasteiger partial charge is 0.191 e. The molecule has 0 aliphatic carbocycles. The van der Waals surface area contributed by atoms with Crippen LogP contribution in [0.1, 0.15) is 35.7 Å². The Morgan fingerprint density at radius 3 is 2.81 bits per heavy atom. The van der Waals surface area contributed by atoms with Gasteiger partial charge in [-0.3, -0.25) is 4.99 Å². The molecule has 6 nitrogen and oxygen atoms in total. The normalized spacial score (nSPS) is 13.9. The largest absolute Gasteiger partial charge is 0.459 e. The molecule has 2 N–H and O–H groups in total. The van der Waals surface area contributed by atoms with Crippen LogP contribution in [0.3, 0.4) is 0 Å². The van der Waals surface area contributed by atoms with Gasteiger partial charge in [-0.1, -0.05) is 18.2 Å². The zero-order valence-corrected chi connectivity index (χ0v) is 18.1. The fraction of sp³-hybridized carbons (Fsp3) is 0.400. The highest BCUT2D eigenvalue weighted by Crippen LogP contribution is 2.24. The zero-order valence-electron chi connectivity index (χ0n) is 15.8. The Morgan fingerprint density at radius 1 is 1.22 bits per heavy atom. The van der Waals surface area contributed by atoms with Gasteiger partial charge in [-0.2, -0.15) is 0 Å². The van der Waals surface area contributed by atoms with E-state index in [1.165, 1.54) is 24.2 Å². The van der Waals surface area contributed by atoms with E-state index in [9.17, 15) is 0 Å². The third-order valence-electron chi connectivity index (χ3n) is 4.98. The molecule has 4 rings (SSSR count). The average molecular weight is 479 g/mol. The van der Waals surface area contributed by atoms with Crippen molar-refractivity contribution in [3.05, 3.63) is 53.3 Å². The molecule has 0 amide bonds. The average Bonchev–Trinajstić information content (AvgIpc) is 3.23. The summed E-state index contributed by atoms with van der Waals surface area (Å²) in [6.07, 6.45) is 5.72. The third-order valence-corrected chi connectivity index (χ3v) is 4.98. The van der Waals surface area contributed by atoms with E-state index < -0.39 is 0 Å². The van der Waals surface area contributed by atoms with Gasteiger partial charge in [0.15, 0.2) is 5.96 Å². The van der Waals surface area contributed by atoms with Gasteiger partial charge < -0.3 is 19.6 Å². The van der Waals surface area contributed by atoms with Crippen molar-refractivity contribution in [2.75, 3.05) is 7.05 Å². The van der Waals surface area contributed by atoms with Crippen LogP contribution in [0, 0.1) is 6.92 Å². The van der Waals surface area contributed by atoms with Crippen molar-refractivity contribution in [1.82, 2.24) is 20.2 Å². The summed E-state index contributed by atoms with van der Waals surface area (Å²) in [5.74, 6) is 2.89. The predicted octanol–water partition coefficient (Wildman–Crippen LogP) is 3.76. The Hall–Kier alpha value is -2.03. The molecule has 0 saturated heterocycles. The summed E-state index contributed by atoms with van der Waals surface area (Å²) in [6.45, 7) is 4.44. The number of nitrogens with zero attached hydrogens (tertiary/aromatic N) is 3. The van der Waals surface area contributed by atoms with E-state index in [0.717, 1.165) is 41.3 Å². The lowest BCUT2D eigenvalue weighted by atomic mass is 10.1. The summed E-state index contributed by atoms with van der Waals surface area (Å²) in [6, 6.07) is 8.12. The highest BCUT2D eigenvalue weighted by Gasteiger charge is 2.13. The molecule has 3 aromatic rings. The van der Waals surface area contributed by atoms with Crippen LogP contribution in [0.15, 0.2) is 39.9 Å².